The average Bonchev–Trinajstić information content (AvgIpc) is 2.08. The van der Waals surface area contributed by atoms with Gasteiger partial charge in [0.25, 0.3) is 0 Å². The standard InChI is InChI=1S/C10H9NO/c1-3-4-9-6-5-8(2)11-10(9)7-12/h5-7H,1-2H3. The van der Waals surface area contributed by atoms with Gasteiger partial charge in [0.05, 0.1) is 5.56 Å². The number of nitrogens with zero attached hydrogens (tertiary/aromatic N) is 1. The second-order valence-electron chi connectivity index (χ2n) is 2.38. The van der Waals surface area contributed by atoms with Crippen LogP contribution in [0, 0.1) is 18.8 Å². The van der Waals surface area contributed by atoms with Gasteiger partial charge < -0.3 is 0 Å². The molecule has 0 atom stereocenters. The van der Waals surface area contributed by atoms with Crippen molar-refractivity contribution in [1.29, 1.82) is 0 Å². The zero-order chi connectivity index (χ0) is 8.97. The number of hydrogen-bond donors (Lipinski definition) is 0. The van der Waals surface area contributed by atoms with Gasteiger partial charge in [0.15, 0.2) is 6.29 Å². The molecule has 0 spiro atoms. The van der Waals surface area contributed by atoms with E-state index in [0.29, 0.717) is 11.3 Å². The Morgan fingerprint density at radius 2 is 2.25 bits per heavy atom. The van der Waals surface area contributed by atoms with E-state index < -0.39 is 0 Å². The highest BCUT2D eigenvalue weighted by Crippen LogP contribution is 2.03. The topological polar surface area (TPSA) is 30.0 Å². The molecule has 0 saturated carbocycles. The first-order chi connectivity index (χ1) is 5.77. The molecule has 2 heteroatoms. The molecule has 1 rings (SSSR count). The van der Waals surface area contributed by atoms with Crippen molar-refractivity contribution in [3.05, 3.63) is 29.1 Å². The summed E-state index contributed by atoms with van der Waals surface area (Å²) >= 11 is 0. The van der Waals surface area contributed by atoms with Crippen LogP contribution < -0.4 is 0 Å². The summed E-state index contributed by atoms with van der Waals surface area (Å²) in [5.74, 6) is 5.54. The van der Waals surface area contributed by atoms with Crippen LogP contribution in [0.4, 0.5) is 0 Å². The van der Waals surface area contributed by atoms with Crippen LogP contribution >= 0.6 is 0 Å². The molecule has 0 unspecified atom stereocenters. The monoisotopic (exact) mass is 159 g/mol. The van der Waals surface area contributed by atoms with E-state index in [9.17, 15) is 4.79 Å². The Morgan fingerprint density at radius 3 is 2.83 bits per heavy atom. The molecule has 60 valence electrons. The Hall–Kier alpha value is -1.62. The Labute approximate surface area is 71.6 Å². The summed E-state index contributed by atoms with van der Waals surface area (Å²) in [6.45, 7) is 3.57. The molecule has 0 fully saturated rings. The third-order valence-electron chi connectivity index (χ3n) is 1.44. The molecule has 0 aliphatic carbocycles. The smallest absolute Gasteiger partial charge is 0.169 e. The molecule has 0 amide bonds. The molecule has 0 saturated heterocycles. The number of hydrogen-bond acceptors (Lipinski definition) is 2. The SMILES string of the molecule is CC#Cc1ccc(C)nc1C=O. The molecule has 0 radical (unpaired) electrons. The summed E-state index contributed by atoms with van der Waals surface area (Å²) in [7, 11) is 0. The maximum Gasteiger partial charge on any atom is 0.169 e. The van der Waals surface area contributed by atoms with Gasteiger partial charge >= 0.3 is 0 Å². The van der Waals surface area contributed by atoms with E-state index >= 15 is 0 Å². The van der Waals surface area contributed by atoms with E-state index in [0.717, 1.165) is 12.0 Å². The van der Waals surface area contributed by atoms with Gasteiger partial charge in [0.2, 0.25) is 0 Å². The van der Waals surface area contributed by atoms with Gasteiger partial charge in [-0.3, -0.25) is 4.79 Å². The van der Waals surface area contributed by atoms with E-state index in [1.807, 2.05) is 19.1 Å². The van der Waals surface area contributed by atoms with Gasteiger partial charge in [-0.2, -0.15) is 0 Å². The number of rotatable bonds is 1. The highest BCUT2D eigenvalue weighted by atomic mass is 16.1. The van der Waals surface area contributed by atoms with Crippen molar-refractivity contribution in [2.45, 2.75) is 13.8 Å². The molecule has 0 bridgehead atoms. The number of aryl methyl sites for hydroxylation is 1. The first-order valence-electron chi connectivity index (χ1n) is 3.63. The normalized spacial score (nSPS) is 8.50. The largest absolute Gasteiger partial charge is 0.296 e. The summed E-state index contributed by atoms with van der Waals surface area (Å²) in [5.41, 5.74) is 1.95. The zero-order valence-electron chi connectivity index (χ0n) is 7.09. The molecule has 1 heterocycles. The van der Waals surface area contributed by atoms with E-state index in [2.05, 4.69) is 16.8 Å². The molecular formula is C10H9NO. The number of aldehydes is 1. The zero-order valence-corrected chi connectivity index (χ0v) is 7.09. The lowest BCUT2D eigenvalue weighted by Gasteiger charge is -1.96. The third kappa shape index (κ3) is 1.70. The first-order valence-corrected chi connectivity index (χ1v) is 3.63. The molecule has 0 aliphatic heterocycles. The lowest BCUT2D eigenvalue weighted by molar-refractivity contribution is 0.111. The van der Waals surface area contributed by atoms with Crippen molar-refractivity contribution in [1.82, 2.24) is 4.98 Å². The van der Waals surface area contributed by atoms with Crippen LogP contribution in [0.15, 0.2) is 12.1 Å². The highest BCUT2D eigenvalue weighted by molar-refractivity contribution is 5.76. The van der Waals surface area contributed by atoms with E-state index in [-0.39, 0.29) is 0 Å². The summed E-state index contributed by atoms with van der Waals surface area (Å²) in [6.07, 6.45) is 0.729. The molecule has 1 aromatic rings. The highest BCUT2D eigenvalue weighted by Gasteiger charge is 1.99. The number of aromatic nitrogens is 1. The Balaban J connectivity index is 3.25. The summed E-state index contributed by atoms with van der Waals surface area (Å²) in [4.78, 5) is 14.6. The summed E-state index contributed by atoms with van der Waals surface area (Å²) in [5, 5.41) is 0. The Kier molecular flexibility index (Phi) is 2.60. The third-order valence-corrected chi connectivity index (χ3v) is 1.44. The van der Waals surface area contributed by atoms with Crippen molar-refractivity contribution in [2.24, 2.45) is 0 Å². The van der Waals surface area contributed by atoms with Crippen LogP contribution in [0.5, 0.6) is 0 Å². The van der Waals surface area contributed by atoms with Gasteiger partial charge in [-0.05, 0) is 26.0 Å². The molecular weight excluding hydrogens is 150 g/mol. The van der Waals surface area contributed by atoms with Crippen molar-refractivity contribution in [2.75, 3.05) is 0 Å². The van der Waals surface area contributed by atoms with E-state index in [1.54, 1.807) is 6.92 Å². The fourth-order valence-electron chi connectivity index (χ4n) is 0.907. The van der Waals surface area contributed by atoms with Crippen molar-refractivity contribution < 1.29 is 4.79 Å². The maximum atomic E-state index is 10.5. The number of carbonyl (C=O) groups excluding carboxylic acids is 1. The molecule has 12 heavy (non-hydrogen) atoms. The average molecular weight is 159 g/mol. The van der Waals surface area contributed by atoms with Crippen molar-refractivity contribution in [3.63, 3.8) is 0 Å². The van der Waals surface area contributed by atoms with Crippen LogP contribution in [0.1, 0.15) is 28.7 Å². The van der Waals surface area contributed by atoms with Gasteiger partial charge in [-0.1, -0.05) is 5.92 Å². The van der Waals surface area contributed by atoms with E-state index in [1.165, 1.54) is 0 Å². The minimum atomic E-state index is 0.421. The molecule has 0 aliphatic rings. The maximum absolute atomic E-state index is 10.5. The molecule has 2 nitrogen and oxygen atoms in total. The Bertz CT molecular complexity index is 358. The fourth-order valence-corrected chi connectivity index (χ4v) is 0.907. The second kappa shape index (κ2) is 3.68. The van der Waals surface area contributed by atoms with Gasteiger partial charge in [0.1, 0.15) is 5.69 Å². The van der Waals surface area contributed by atoms with E-state index in [4.69, 9.17) is 0 Å². The first kappa shape index (κ1) is 8.48. The van der Waals surface area contributed by atoms with Crippen LogP contribution in [0.2, 0.25) is 0 Å². The lowest BCUT2D eigenvalue weighted by Crippen LogP contribution is -1.94. The lowest BCUT2D eigenvalue weighted by atomic mass is 10.2. The summed E-state index contributed by atoms with van der Waals surface area (Å²) < 4.78 is 0. The van der Waals surface area contributed by atoms with Crippen LogP contribution in [-0.4, -0.2) is 11.3 Å². The molecule has 1 aromatic heterocycles. The summed E-state index contributed by atoms with van der Waals surface area (Å²) in [6, 6.07) is 3.65. The fraction of sp³-hybridized carbons (Fsp3) is 0.200. The number of pyridine rings is 1. The second-order valence-corrected chi connectivity index (χ2v) is 2.38. The quantitative estimate of drug-likeness (QED) is 0.460. The van der Waals surface area contributed by atoms with Crippen molar-refractivity contribution >= 4 is 6.29 Å². The Morgan fingerprint density at radius 1 is 1.50 bits per heavy atom. The predicted molar refractivity (Wildman–Crippen MR) is 46.9 cm³/mol. The molecule has 0 aromatic carbocycles. The van der Waals surface area contributed by atoms with Crippen LogP contribution in [-0.2, 0) is 0 Å². The van der Waals surface area contributed by atoms with Crippen molar-refractivity contribution in [3.8, 4) is 11.8 Å². The minimum absolute atomic E-state index is 0.421. The predicted octanol–water partition coefficient (Wildman–Crippen LogP) is 1.57. The van der Waals surface area contributed by atoms with Crippen LogP contribution in [0.3, 0.4) is 0 Å². The van der Waals surface area contributed by atoms with Crippen LogP contribution in [0.25, 0.3) is 0 Å². The van der Waals surface area contributed by atoms with Gasteiger partial charge in [0, 0.05) is 5.69 Å². The van der Waals surface area contributed by atoms with Gasteiger partial charge in [-0.25, -0.2) is 4.98 Å². The minimum Gasteiger partial charge on any atom is -0.296 e. The molecule has 0 N–H and O–H groups in total. The number of carbonyl (C=O) groups is 1. The van der Waals surface area contributed by atoms with Gasteiger partial charge in [-0.15, -0.1) is 5.92 Å².